The predicted molar refractivity (Wildman–Crippen MR) is 69.0 cm³/mol. The van der Waals surface area contributed by atoms with Crippen LogP contribution in [0.1, 0.15) is 11.1 Å². The van der Waals surface area contributed by atoms with Crippen molar-refractivity contribution in [3.63, 3.8) is 0 Å². The van der Waals surface area contributed by atoms with Crippen LogP contribution in [0.5, 0.6) is 5.75 Å². The Morgan fingerprint density at radius 1 is 1.35 bits per heavy atom. The van der Waals surface area contributed by atoms with Crippen molar-refractivity contribution in [1.82, 2.24) is 9.97 Å². The molecular weight excluding hydrogens is 238 g/mol. The molecule has 0 bridgehead atoms. The van der Waals surface area contributed by atoms with Crippen LogP contribution in [0.25, 0.3) is 11.3 Å². The van der Waals surface area contributed by atoms with Crippen LogP contribution in [0.4, 0.5) is 0 Å². The molecule has 4 nitrogen and oxygen atoms in total. The molecule has 0 amide bonds. The van der Waals surface area contributed by atoms with Gasteiger partial charge in [0.15, 0.2) is 5.75 Å². The maximum atomic E-state index is 9.63. The molecule has 17 heavy (non-hydrogen) atoms. The highest BCUT2D eigenvalue weighted by Crippen LogP contribution is 2.26. The molecule has 0 fully saturated rings. The summed E-state index contributed by atoms with van der Waals surface area (Å²) in [5.41, 5.74) is 9.20. The number of rotatable bonds is 2. The maximum Gasteiger partial charge on any atom is 0.160 e. The van der Waals surface area contributed by atoms with Gasteiger partial charge in [-0.3, -0.25) is 0 Å². The van der Waals surface area contributed by atoms with Gasteiger partial charge in [-0.05, 0) is 24.1 Å². The highest BCUT2D eigenvalue weighted by Gasteiger charge is 2.06. The number of nitrogens with zero attached hydrogens (tertiary/aromatic N) is 2. The number of aryl methyl sites for hydroxylation is 1. The molecule has 0 aliphatic rings. The molecule has 1 aromatic heterocycles. The molecular formula is C12H14ClN3O. The van der Waals surface area contributed by atoms with Gasteiger partial charge in [0.1, 0.15) is 12.0 Å². The zero-order valence-corrected chi connectivity index (χ0v) is 10.2. The van der Waals surface area contributed by atoms with E-state index < -0.39 is 0 Å². The summed E-state index contributed by atoms with van der Waals surface area (Å²) in [5, 5.41) is 9.63. The van der Waals surface area contributed by atoms with Crippen molar-refractivity contribution >= 4 is 12.4 Å². The van der Waals surface area contributed by atoms with Gasteiger partial charge in [0.25, 0.3) is 0 Å². The quantitative estimate of drug-likeness (QED) is 0.857. The second kappa shape index (κ2) is 5.61. The first-order valence-corrected chi connectivity index (χ1v) is 5.01. The van der Waals surface area contributed by atoms with Crippen LogP contribution in [-0.4, -0.2) is 15.1 Å². The fourth-order valence-corrected chi connectivity index (χ4v) is 1.62. The number of aromatic nitrogens is 2. The van der Waals surface area contributed by atoms with E-state index in [2.05, 4.69) is 9.97 Å². The van der Waals surface area contributed by atoms with Gasteiger partial charge >= 0.3 is 0 Å². The first kappa shape index (κ1) is 13.4. The molecule has 3 N–H and O–H groups in total. The first-order valence-electron chi connectivity index (χ1n) is 5.01. The van der Waals surface area contributed by atoms with E-state index in [1.54, 1.807) is 0 Å². The fourth-order valence-electron chi connectivity index (χ4n) is 1.62. The predicted octanol–water partition coefficient (Wildman–Crippen LogP) is 2.04. The van der Waals surface area contributed by atoms with E-state index in [-0.39, 0.29) is 18.2 Å². The average molecular weight is 252 g/mol. The van der Waals surface area contributed by atoms with Crippen molar-refractivity contribution in [2.24, 2.45) is 5.73 Å². The maximum absolute atomic E-state index is 9.63. The lowest BCUT2D eigenvalue weighted by atomic mass is 10.0. The van der Waals surface area contributed by atoms with Gasteiger partial charge in [0.05, 0.1) is 6.20 Å². The van der Waals surface area contributed by atoms with Gasteiger partial charge in [0.2, 0.25) is 0 Å². The SMILES string of the molecule is Cc1cc(-c2ncncc2O)ccc1CN.Cl. The Morgan fingerprint density at radius 3 is 2.71 bits per heavy atom. The van der Waals surface area contributed by atoms with Crippen LogP contribution in [0.15, 0.2) is 30.7 Å². The van der Waals surface area contributed by atoms with Crippen molar-refractivity contribution in [3.05, 3.63) is 41.9 Å². The summed E-state index contributed by atoms with van der Waals surface area (Å²) in [4.78, 5) is 7.80. The van der Waals surface area contributed by atoms with Gasteiger partial charge in [-0.2, -0.15) is 0 Å². The van der Waals surface area contributed by atoms with Crippen molar-refractivity contribution in [3.8, 4) is 17.0 Å². The monoisotopic (exact) mass is 251 g/mol. The Kier molecular flexibility index (Phi) is 4.43. The molecule has 2 aromatic rings. The van der Waals surface area contributed by atoms with Gasteiger partial charge in [0, 0.05) is 12.1 Å². The molecule has 0 atom stereocenters. The molecule has 0 aliphatic carbocycles. The minimum atomic E-state index is 0. The van der Waals surface area contributed by atoms with Crippen molar-refractivity contribution in [1.29, 1.82) is 0 Å². The largest absolute Gasteiger partial charge is 0.504 e. The number of benzene rings is 1. The van der Waals surface area contributed by atoms with Crippen molar-refractivity contribution in [2.45, 2.75) is 13.5 Å². The van der Waals surface area contributed by atoms with Crippen LogP contribution in [0.3, 0.4) is 0 Å². The van der Waals surface area contributed by atoms with E-state index in [4.69, 9.17) is 5.73 Å². The minimum Gasteiger partial charge on any atom is -0.504 e. The second-order valence-electron chi connectivity index (χ2n) is 3.60. The van der Waals surface area contributed by atoms with Gasteiger partial charge < -0.3 is 10.8 Å². The number of aromatic hydroxyl groups is 1. The Morgan fingerprint density at radius 2 is 2.12 bits per heavy atom. The lowest BCUT2D eigenvalue weighted by Gasteiger charge is -2.07. The molecule has 0 aliphatic heterocycles. The molecule has 1 aromatic carbocycles. The van der Waals surface area contributed by atoms with Crippen LogP contribution in [0.2, 0.25) is 0 Å². The average Bonchev–Trinajstić information content (AvgIpc) is 2.29. The van der Waals surface area contributed by atoms with Gasteiger partial charge in [-0.25, -0.2) is 9.97 Å². The number of hydrogen-bond acceptors (Lipinski definition) is 4. The third-order valence-corrected chi connectivity index (χ3v) is 2.53. The van der Waals surface area contributed by atoms with Crippen LogP contribution >= 0.6 is 12.4 Å². The van der Waals surface area contributed by atoms with Gasteiger partial charge in [-0.15, -0.1) is 12.4 Å². The Labute approximate surface area is 106 Å². The zero-order valence-electron chi connectivity index (χ0n) is 9.42. The van der Waals surface area contributed by atoms with Crippen LogP contribution in [-0.2, 0) is 6.54 Å². The lowest BCUT2D eigenvalue weighted by Crippen LogP contribution is -1.99. The molecule has 0 radical (unpaired) electrons. The smallest absolute Gasteiger partial charge is 0.160 e. The molecule has 5 heteroatoms. The summed E-state index contributed by atoms with van der Waals surface area (Å²) in [6.45, 7) is 2.51. The van der Waals surface area contributed by atoms with E-state index in [0.717, 1.165) is 16.7 Å². The van der Waals surface area contributed by atoms with Gasteiger partial charge in [-0.1, -0.05) is 12.1 Å². The lowest BCUT2D eigenvalue weighted by molar-refractivity contribution is 0.472. The summed E-state index contributed by atoms with van der Waals surface area (Å²) in [7, 11) is 0. The third-order valence-electron chi connectivity index (χ3n) is 2.53. The molecule has 0 spiro atoms. The Balaban J connectivity index is 0.00000144. The molecule has 90 valence electrons. The van der Waals surface area contributed by atoms with E-state index in [1.165, 1.54) is 12.5 Å². The molecule has 0 saturated heterocycles. The van der Waals surface area contributed by atoms with E-state index in [1.807, 2.05) is 25.1 Å². The van der Waals surface area contributed by atoms with E-state index in [9.17, 15) is 5.11 Å². The minimum absolute atomic E-state index is 0. The summed E-state index contributed by atoms with van der Waals surface area (Å²) in [6, 6.07) is 5.81. The van der Waals surface area contributed by atoms with Crippen LogP contribution in [0, 0.1) is 6.92 Å². The zero-order chi connectivity index (χ0) is 11.5. The number of halogens is 1. The van der Waals surface area contributed by atoms with Crippen molar-refractivity contribution in [2.75, 3.05) is 0 Å². The third kappa shape index (κ3) is 2.72. The number of nitrogens with two attached hydrogens (primary N) is 1. The Hall–Kier alpha value is -1.65. The normalized spacial score (nSPS) is 9.76. The highest BCUT2D eigenvalue weighted by atomic mass is 35.5. The summed E-state index contributed by atoms with van der Waals surface area (Å²) >= 11 is 0. The summed E-state index contributed by atoms with van der Waals surface area (Å²) in [5.74, 6) is 0.0856. The highest BCUT2D eigenvalue weighted by molar-refractivity contribution is 5.85. The Bertz CT molecular complexity index is 517. The van der Waals surface area contributed by atoms with Crippen molar-refractivity contribution < 1.29 is 5.11 Å². The first-order chi connectivity index (χ1) is 7.72. The summed E-state index contributed by atoms with van der Waals surface area (Å²) in [6.07, 6.45) is 2.80. The molecule has 2 rings (SSSR count). The molecule has 0 unspecified atom stereocenters. The standard InChI is InChI=1S/C12H13N3O.ClH/c1-8-4-9(2-3-10(8)5-13)12-11(16)6-14-7-15-12;/h2-4,6-7,16H,5,13H2,1H3;1H. The van der Waals surface area contributed by atoms with Crippen LogP contribution < -0.4 is 5.73 Å². The van der Waals surface area contributed by atoms with E-state index in [0.29, 0.717) is 12.2 Å². The molecule has 1 heterocycles. The topological polar surface area (TPSA) is 72.0 Å². The van der Waals surface area contributed by atoms with E-state index >= 15 is 0 Å². The summed E-state index contributed by atoms with van der Waals surface area (Å²) < 4.78 is 0. The number of hydrogen-bond donors (Lipinski definition) is 2. The second-order valence-corrected chi connectivity index (χ2v) is 3.60. The fraction of sp³-hybridized carbons (Fsp3) is 0.167. The molecule has 0 saturated carbocycles.